The van der Waals surface area contributed by atoms with Crippen LogP contribution in [-0.2, 0) is 64.0 Å². The van der Waals surface area contributed by atoms with Gasteiger partial charge in [0.2, 0.25) is 0 Å². The molecular formula is C108H140B2Br6ClFN27O4S. The molecule has 42 heteroatoms. The molecule has 2 aromatic carbocycles. The summed E-state index contributed by atoms with van der Waals surface area (Å²) in [5.41, 5.74) is 43.7. The van der Waals surface area contributed by atoms with Crippen LogP contribution in [-0.4, -0.2) is 241 Å². The van der Waals surface area contributed by atoms with Crippen molar-refractivity contribution in [1.82, 2.24) is 72.8 Å². The number of aromatic nitrogens is 12. The summed E-state index contributed by atoms with van der Waals surface area (Å²) in [5.74, 6) is 3.85. The number of rotatable bonds is 22. The van der Waals surface area contributed by atoms with E-state index in [1.807, 2.05) is 131 Å². The summed E-state index contributed by atoms with van der Waals surface area (Å²) in [5, 5.41) is 8.15. The van der Waals surface area contributed by atoms with Crippen LogP contribution in [0.3, 0.4) is 0 Å². The average Bonchev–Trinajstić information content (AvgIpc) is 1.76. The maximum absolute atomic E-state index is 9.96. The molecule has 0 unspecified atom stereocenters. The topological polar surface area (TPSA) is 351 Å². The second-order valence-corrected chi connectivity index (χ2v) is 41.2. The number of benzene rings is 2. The Labute approximate surface area is 946 Å². The molecule has 0 spiro atoms. The van der Waals surface area contributed by atoms with E-state index in [2.05, 4.69) is 366 Å². The number of anilines is 11. The summed E-state index contributed by atoms with van der Waals surface area (Å²) in [6, 6.07) is 44.3. The van der Waals surface area contributed by atoms with Crippen molar-refractivity contribution >= 4 is 233 Å². The number of hydrogen-bond acceptors (Lipinski definition) is 29. The third-order valence-corrected chi connectivity index (χ3v) is 29.8. The van der Waals surface area contributed by atoms with E-state index in [0.29, 0.717) is 41.6 Å². The molecule has 6 aliphatic heterocycles. The van der Waals surface area contributed by atoms with E-state index in [1.165, 1.54) is 67.5 Å². The number of imidazole rings is 3. The summed E-state index contributed by atoms with van der Waals surface area (Å²) >= 11 is 29.3. The van der Waals surface area contributed by atoms with Gasteiger partial charge in [-0.25, -0.2) is 44.9 Å². The van der Waals surface area contributed by atoms with Crippen LogP contribution >= 0.6 is 120 Å². The van der Waals surface area contributed by atoms with Gasteiger partial charge in [-0.15, -0.1) is 0 Å². The van der Waals surface area contributed by atoms with Gasteiger partial charge in [0.1, 0.15) is 40.1 Å². The van der Waals surface area contributed by atoms with Crippen LogP contribution in [0.2, 0.25) is 5.15 Å². The molecule has 12 aromatic heterocycles. The van der Waals surface area contributed by atoms with Crippen molar-refractivity contribution in [2.45, 2.75) is 160 Å². The molecule has 0 saturated carbocycles. The van der Waals surface area contributed by atoms with Gasteiger partial charge < -0.3 is 95.0 Å². The van der Waals surface area contributed by atoms with E-state index in [1.54, 1.807) is 24.3 Å². The molecular weight excluding hydrogens is 2330 g/mol. The van der Waals surface area contributed by atoms with Crippen LogP contribution in [0, 0.1) is 0 Å². The van der Waals surface area contributed by atoms with Gasteiger partial charge in [-0.2, -0.15) is 0 Å². The second kappa shape index (κ2) is 61.8. The molecule has 10 N–H and O–H groups in total. The summed E-state index contributed by atoms with van der Waals surface area (Å²) in [4.78, 5) is 62.2. The molecule has 31 nitrogen and oxygen atoms in total. The van der Waals surface area contributed by atoms with Crippen molar-refractivity contribution in [3.8, 4) is 11.1 Å². The quantitative estimate of drug-likeness (QED) is 0.0109. The van der Waals surface area contributed by atoms with Crippen LogP contribution in [0.4, 0.5) is 67.7 Å². The standard InChI is InChI=1S/C28H31N7.C20H25BrN6.C14H18BNO2.C11H18N4.C9H8Br2N2.C7H8Br2N2.C7H10N2.C6H13BrO2.C5H5ClN2.CH3F.BHNS/c1-3-26-24(20-5-6-21-17-29-18-22(21)15-20)16-25(28-30-9-10-35(26)28)32-27-8-7-23(19-31-27)34-13-11-33(4-2)12-14-34;1-3-18-16(21)13-17(20-22-7-8-27(18)20)24-19-6-5-15(14-23-19)26-11-9-25(4-2)10-12-26;1-13(2)14(3,4)18-15(17-13)12-6-5-10-8-16-9-11(10)7-12;1-2-14-5-7-15(8-6-14)10-3-4-11(12)13-9-10;1-2-8-6(10)5-7(11)9-12-3-4-13(8)9;1-2-6-4(8)3-5(9)7(10)11-6;1-2-6-4-3-5-7(8)9-6;1-3-8-6(5-7)9-4-2;6-4-2-1-3-5(7)8-4;1-2;1-2-3/h5-10,15-17,19H,3-4,11-14,18H2,1-2H3,(H,31,32);5-8,13-14H,3-4,9-12H2,1-2H3,(H,23,24);5-8H,9H2,1-4H3;3-4,9H,2,5-8H2,1H3,(H2,12,13);3-5H,2H2,1H3;3H,2H2,1H3,(H2,10,11);3-5H,2H2,1H3,(H2,8,9);6H,3-5H2,1-2H3;1-3H,(H2,7,8);1H3;3H/i;;;;;;;;;1D;. The fraction of sp³-hybridized carbons (Fsp3) is 0.398. The third-order valence-electron chi connectivity index (χ3n) is 25.8. The molecule has 6 aliphatic rings. The normalized spacial score (nSPS) is 14.6. The third kappa shape index (κ3) is 34.8. The van der Waals surface area contributed by atoms with E-state index in [9.17, 15) is 4.39 Å². The van der Waals surface area contributed by atoms with Crippen LogP contribution in [0.25, 0.3) is 28.1 Å². The Hall–Kier alpha value is -9.95. The zero-order chi connectivity index (χ0) is 109. The van der Waals surface area contributed by atoms with Crippen LogP contribution < -0.4 is 53.7 Å². The number of fused-ring (bicyclic) bond motifs is 5. The van der Waals surface area contributed by atoms with Crippen LogP contribution in [0.15, 0.2) is 226 Å². The van der Waals surface area contributed by atoms with E-state index in [0.717, 1.165) is 228 Å². The molecule has 1 radical (unpaired) electrons. The molecule has 20 rings (SSSR count). The number of nitrogens with one attached hydrogen (secondary N) is 2. The first kappa shape index (κ1) is 120. The van der Waals surface area contributed by atoms with Gasteiger partial charge in [0.25, 0.3) is 0 Å². The number of thiol groups is 1. The van der Waals surface area contributed by atoms with E-state index in [-0.39, 0.29) is 24.6 Å². The summed E-state index contributed by atoms with van der Waals surface area (Å²) in [6.45, 7) is 48.9. The molecule has 14 aromatic rings. The van der Waals surface area contributed by atoms with Crippen LogP contribution in [0.1, 0.15) is 149 Å². The molecule has 0 amide bonds. The number of nitrogen functional groups attached to an aromatic ring is 4. The van der Waals surface area contributed by atoms with E-state index in [4.69, 9.17) is 59.7 Å². The Morgan fingerprint density at radius 3 is 1.35 bits per heavy atom. The first-order valence-electron chi connectivity index (χ1n) is 51.0. The van der Waals surface area contributed by atoms with Gasteiger partial charge >= 0.3 is 31.9 Å². The van der Waals surface area contributed by atoms with Gasteiger partial charge in [-0.1, -0.05) is 125 Å². The molecule has 4 fully saturated rings. The summed E-state index contributed by atoms with van der Waals surface area (Å²) in [7, 11) is 3.06. The second-order valence-electron chi connectivity index (χ2n) is 35.7. The number of pyridine rings is 9. The number of likely N-dealkylation sites (N-methyl/N-ethyl adjacent to an activating group) is 3. The van der Waals surface area contributed by atoms with E-state index < -0.39 is 7.15 Å². The van der Waals surface area contributed by atoms with Crippen molar-refractivity contribution in [1.29, 1.82) is 0 Å². The van der Waals surface area contributed by atoms with E-state index >= 15 is 0 Å². The van der Waals surface area contributed by atoms with Gasteiger partial charge in [0.15, 0.2) is 23.2 Å². The zero-order valence-electron chi connectivity index (χ0n) is 89.0. The number of halogens is 8. The van der Waals surface area contributed by atoms with Crippen molar-refractivity contribution in [2.75, 3.05) is 172 Å². The number of ether oxygens (including phenoxy) is 2. The number of aliphatic imine (C=N–C) groups is 2. The van der Waals surface area contributed by atoms with Crippen molar-refractivity contribution < 1.29 is 24.5 Å². The Morgan fingerprint density at radius 1 is 0.493 bits per heavy atom. The Kier molecular flexibility index (Phi) is 49.6. The fourth-order valence-electron chi connectivity index (χ4n) is 16.9. The molecule has 0 aliphatic carbocycles. The Balaban J connectivity index is 0.000000180. The van der Waals surface area contributed by atoms with Gasteiger partial charge in [0, 0.05) is 183 Å². The Morgan fingerprint density at radius 2 is 0.933 bits per heavy atom. The number of nitrogens with two attached hydrogens (primary N) is 4. The first-order chi connectivity index (χ1) is 72.8. The van der Waals surface area contributed by atoms with Crippen molar-refractivity contribution in [2.24, 2.45) is 14.3 Å². The van der Waals surface area contributed by atoms with Gasteiger partial charge in [-0.3, -0.25) is 14.4 Å². The maximum atomic E-state index is 9.96. The number of alkyl halides is 2. The Bertz CT molecular complexity index is 6610. The minimum atomic E-state index is -1.00. The molecule has 799 valence electrons. The first-order valence-corrected chi connectivity index (χ1v) is 56.2. The van der Waals surface area contributed by atoms with Crippen LogP contribution in [0.5, 0.6) is 0 Å². The summed E-state index contributed by atoms with van der Waals surface area (Å²) < 4.78 is 52.1. The molecule has 0 atom stereocenters. The van der Waals surface area contributed by atoms with Crippen molar-refractivity contribution in [3.63, 3.8) is 0 Å². The predicted octanol–water partition coefficient (Wildman–Crippen LogP) is 22.7. The molecule has 4 saturated heterocycles. The van der Waals surface area contributed by atoms with Crippen molar-refractivity contribution in [3.05, 3.63) is 267 Å². The van der Waals surface area contributed by atoms with Gasteiger partial charge in [0.05, 0.1) is 99.8 Å². The molecule has 150 heavy (non-hydrogen) atoms. The fourth-order valence-corrected chi connectivity index (χ4v) is 20.8. The predicted molar refractivity (Wildman–Crippen MR) is 644 cm³/mol. The minimum absolute atomic E-state index is 0.0694. The number of piperazine rings is 3. The molecule has 0 bridgehead atoms. The number of hydrogen-bond donors (Lipinski definition) is 7. The monoisotopic (exact) mass is 2460 g/mol. The SMILES string of the molecule is CC1(C)OB(c2ccc3c(c2)CN=C3)OC1(C)C.CCN1CCN(c2ccc(N)nc2)CC1.CCOC(CBr)OCC.CCc1c(-c2ccc3c(c2)CN=C3)cc(Nc2ccc(N3CCN(CC)CC3)cn2)c2nccn12.CCc1c(Br)cc(Br)c2nccn12.CCc1c(Br)cc(Nc2ccc(N3CCN(CC)CC3)cn2)c2nccn12.CCc1cccc(N)n1.CCc1nc(N)c(Br)cc1Br.Nc1cccc(Cl)n1.[2H]CF.[B]=NS. The summed E-state index contributed by atoms with van der Waals surface area (Å²) in [6.07, 6.45) is 25.8. The number of aryl methyl sites for hydroxylation is 5. The number of nitrogens with zero attached hydrogens (tertiary/aromatic N) is 21. The molecule has 18 heterocycles. The van der Waals surface area contributed by atoms with Gasteiger partial charge in [-0.05, 0) is 297 Å². The zero-order valence-corrected chi connectivity index (χ0v) is 99.1. The average molecular weight is 2470 g/mol.